The zero-order chi connectivity index (χ0) is 27.4. The average Bonchev–Trinajstić information content (AvgIpc) is 3.30. The first kappa shape index (κ1) is 26.8. The Hall–Kier alpha value is -3.77. The van der Waals surface area contributed by atoms with E-state index in [1.165, 1.54) is 10.9 Å². The molecule has 1 aromatic heterocycles. The number of nitrogens with one attached hydrogen (secondary N) is 1. The van der Waals surface area contributed by atoms with Gasteiger partial charge in [-0.1, -0.05) is 69.3 Å². The molecule has 3 aromatic carbocycles. The van der Waals surface area contributed by atoms with Gasteiger partial charge in [0.2, 0.25) is 0 Å². The number of hydrogen-bond donors (Lipinski definition) is 1. The molecule has 0 saturated heterocycles. The number of para-hydroxylation sites is 2. The number of thiophene rings is 1. The summed E-state index contributed by atoms with van der Waals surface area (Å²) in [6, 6.07) is 23.7. The highest BCUT2D eigenvalue weighted by atomic mass is 32.1. The van der Waals surface area contributed by atoms with Gasteiger partial charge in [0.05, 0.1) is 5.56 Å². The van der Waals surface area contributed by atoms with Crippen molar-refractivity contribution in [3.05, 3.63) is 112 Å². The molecule has 0 saturated carbocycles. The highest BCUT2D eigenvalue weighted by Crippen LogP contribution is 2.45. The lowest BCUT2D eigenvalue weighted by Crippen LogP contribution is -2.27. The van der Waals surface area contributed by atoms with Crippen molar-refractivity contribution in [2.24, 2.45) is 16.3 Å². The number of hydrogen-bond acceptors (Lipinski definition) is 4. The van der Waals surface area contributed by atoms with Gasteiger partial charge in [-0.05, 0) is 66.5 Å². The number of ether oxygens (including phenoxy) is 1. The first-order valence-corrected chi connectivity index (χ1v) is 14.1. The molecule has 0 bridgehead atoms. The highest BCUT2D eigenvalue weighted by Gasteiger charge is 2.33. The SMILES string of the molecule is CC(C)(C)[C@H]1CCc2c(sc(N=Cc3ccccc3OCc3ccccc3F)c2C(=O)Nc2ccccc2)C1. The van der Waals surface area contributed by atoms with Crippen LogP contribution in [0.15, 0.2) is 83.9 Å². The van der Waals surface area contributed by atoms with Gasteiger partial charge in [-0.3, -0.25) is 4.79 Å². The summed E-state index contributed by atoms with van der Waals surface area (Å²) in [6.07, 6.45) is 4.61. The first-order chi connectivity index (χ1) is 18.8. The van der Waals surface area contributed by atoms with Crippen LogP contribution in [0.3, 0.4) is 0 Å². The fourth-order valence-corrected chi connectivity index (χ4v) is 6.24. The Kier molecular flexibility index (Phi) is 7.94. The number of benzene rings is 3. The molecule has 5 rings (SSSR count). The smallest absolute Gasteiger partial charge is 0.259 e. The number of anilines is 1. The number of amides is 1. The Bertz CT molecular complexity index is 1490. The normalized spacial score (nSPS) is 15.2. The summed E-state index contributed by atoms with van der Waals surface area (Å²) in [4.78, 5) is 19.7. The largest absolute Gasteiger partial charge is 0.488 e. The van der Waals surface area contributed by atoms with Gasteiger partial charge in [0, 0.05) is 27.9 Å². The van der Waals surface area contributed by atoms with Crippen LogP contribution in [0.1, 0.15) is 59.1 Å². The van der Waals surface area contributed by atoms with Crippen molar-refractivity contribution < 1.29 is 13.9 Å². The number of halogens is 1. The van der Waals surface area contributed by atoms with Crippen molar-refractivity contribution >= 4 is 34.1 Å². The molecule has 0 radical (unpaired) electrons. The van der Waals surface area contributed by atoms with Gasteiger partial charge >= 0.3 is 0 Å². The summed E-state index contributed by atoms with van der Waals surface area (Å²) in [5.41, 5.74) is 3.99. The number of rotatable bonds is 7. The Morgan fingerprint density at radius 2 is 1.77 bits per heavy atom. The van der Waals surface area contributed by atoms with Crippen molar-refractivity contribution in [3.8, 4) is 5.75 Å². The molecule has 4 aromatic rings. The van der Waals surface area contributed by atoms with Crippen molar-refractivity contribution in [3.63, 3.8) is 0 Å². The van der Waals surface area contributed by atoms with Gasteiger partial charge in [-0.2, -0.15) is 0 Å². The summed E-state index contributed by atoms with van der Waals surface area (Å²) < 4.78 is 20.1. The Labute approximate surface area is 233 Å². The molecule has 4 nitrogen and oxygen atoms in total. The second-order valence-electron chi connectivity index (χ2n) is 11.0. The molecule has 39 heavy (non-hydrogen) atoms. The topological polar surface area (TPSA) is 50.7 Å². The van der Waals surface area contributed by atoms with Gasteiger partial charge in [0.25, 0.3) is 5.91 Å². The van der Waals surface area contributed by atoms with Crippen molar-refractivity contribution in [1.29, 1.82) is 0 Å². The minimum atomic E-state index is -0.296. The second kappa shape index (κ2) is 11.5. The first-order valence-electron chi connectivity index (χ1n) is 13.3. The van der Waals surface area contributed by atoms with Crippen LogP contribution >= 0.6 is 11.3 Å². The van der Waals surface area contributed by atoms with Gasteiger partial charge in [-0.25, -0.2) is 9.38 Å². The van der Waals surface area contributed by atoms with E-state index >= 15 is 0 Å². The Morgan fingerprint density at radius 3 is 2.54 bits per heavy atom. The average molecular weight is 541 g/mol. The third-order valence-corrected chi connectivity index (χ3v) is 8.47. The number of carbonyl (C=O) groups excluding carboxylic acids is 1. The lowest BCUT2D eigenvalue weighted by atomic mass is 9.72. The number of fused-ring (bicyclic) bond motifs is 1. The van der Waals surface area contributed by atoms with E-state index in [0.29, 0.717) is 27.8 Å². The van der Waals surface area contributed by atoms with E-state index in [2.05, 4.69) is 26.1 Å². The van der Waals surface area contributed by atoms with Crippen LogP contribution in [0.4, 0.5) is 15.1 Å². The fourth-order valence-electron chi connectivity index (χ4n) is 4.97. The van der Waals surface area contributed by atoms with Gasteiger partial charge in [0.15, 0.2) is 0 Å². The standard InChI is InChI=1S/C33H33FN2O2S/c1-33(2,3)24-17-18-26-29(19-24)39-32(30(26)31(37)36-25-13-5-4-6-14-25)35-20-22-11-8-10-16-28(22)38-21-23-12-7-9-15-27(23)34/h4-16,20,24H,17-19,21H2,1-3H3,(H,36,37)/t24-/m0/s1. The minimum absolute atomic E-state index is 0.115. The van der Waals surface area contributed by atoms with Crippen LogP contribution < -0.4 is 10.1 Å². The third-order valence-electron chi connectivity index (χ3n) is 7.31. The van der Waals surface area contributed by atoms with E-state index < -0.39 is 0 Å². The van der Waals surface area contributed by atoms with Gasteiger partial charge < -0.3 is 10.1 Å². The summed E-state index contributed by atoms with van der Waals surface area (Å²) >= 11 is 1.61. The van der Waals surface area contributed by atoms with E-state index in [9.17, 15) is 9.18 Å². The van der Waals surface area contributed by atoms with Crippen LogP contribution in [0.5, 0.6) is 5.75 Å². The van der Waals surface area contributed by atoms with Crippen LogP contribution in [0.2, 0.25) is 0 Å². The van der Waals surface area contributed by atoms with E-state index in [0.717, 1.165) is 36.1 Å². The number of nitrogens with zero attached hydrogens (tertiary/aromatic N) is 1. The highest BCUT2D eigenvalue weighted by molar-refractivity contribution is 7.16. The van der Waals surface area contributed by atoms with E-state index in [1.54, 1.807) is 35.8 Å². The van der Waals surface area contributed by atoms with Gasteiger partial charge in [0.1, 0.15) is 23.2 Å². The molecule has 0 fully saturated rings. The lowest BCUT2D eigenvalue weighted by molar-refractivity contribution is 0.102. The van der Waals surface area contributed by atoms with E-state index in [4.69, 9.17) is 9.73 Å². The Balaban J connectivity index is 1.45. The zero-order valence-electron chi connectivity index (χ0n) is 22.5. The van der Waals surface area contributed by atoms with Crippen molar-refractivity contribution in [2.45, 2.75) is 46.6 Å². The lowest BCUT2D eigenvalue weighted by Gasteiger charge is -2.33. The maximum absolute atomic E-state index is 14.1. The summed E-state index contributed by atoms with van der Waals surface area (Å²) in [6.45, 7) is 6.98. The van der Waals surface area contributed by atoms with Crippen LogP contribution in [0, 0.1) is 17.2 Å². The molecule has 200 valence electrons. The summed E-state index contributed by atoms with van der Waals surface area (Å²) in [7, 11) is 0. The monoisotopic (exact) mass is 540 g/mol. The molecule has 1 heterocycles. The van der Waals surface area contributed by atoms with Crippen LogP contribution in [0.25, 0.3) is 0 Å². The minimum Gasteiger partial charge on any atom is -0.488 e. The van der Waals surface area contributed by atoms with E-state index in [1.807, 2.05) is 54.6 Å². The molecule has 1 atom stereocenters. The molecular formula is C33H33FN2O2S. The predicted octanol–water partition coefficient (Wildman–Crippen LogP) is 8.62. The quantitative estimate of drug-likeness (QED) is 0.239. The summed E-state index contributed by atoms with van der Waals surface area (Å²) in [5.74, 6) is 0.728. The van der Waals surface area contributed by atoms with Gasteiger partial charge in [-0.15, -0.1) is 11.3 Å². The van der Waals surface area contributed by atoms with Crippen molar-refractivity contribution in [2.75, 3.05) is 5.32 Å². The molecule has 0 spiro atoms. The predicted molar refractivity (Wildman–Crippen MR) is 158 cm³/mol. The molecule has 0 aliphatic heterocycles. The van der Waals surface area contributed by atoms with E-state index in [-0.39, 0.29) is 23.7 Å². The third kappa shape index (κ3) is 6.28. The zero-order valence-corrected chi connectivity index (χ0v) is 23.4. The maximum Gasteiger partial charge on any atom is 0.259 e. The Morgan fingerprint density at radius 1 is 1.05 bits per heavy atom. The molecule has 6 heteroatoms. The maximum atomic E-state index is 14.1. The molecular weight excluding hydrogens is 507 g/mol. The molecule has 0 unspecified atom stereocenters. The summed E-state index contributed by atoms with van der Waals surface area (Å²) in [5, 5.41) is 3.76. The molecule has 1 aliphatic carbocycles. The van der Waals surface area contributed by atoms with Crippen LogP contribution in [-0.2, 0) is 19.4 Å². The number of carbonyl (C=O) groups is 1. The molecule has 1 aliphatic rings. The molecule has 1 amide bonds. The molecule has 1 N–H and O–H groups in total. The van der Waals surface area contributed by atoms with Crippen molar-refractivity contribution in [1.82, 2.24) is 0 Å². The van der Waals surface area contributed by atoms with Crippen LogP contribution in [-0.4, -0.2) is 12.1 Å². The second-order valence-corrected chi connectivity index (χ2v) is 12.1. The number of aliphatic imine (C=N–C) groups is 1. The fraction of sp³-hybridized carbons (Fsp3) is 0.273.